The highest BCUT2D eigenvalue weighted by molar-refractivity contribution is 7.93. The summed E-state index contributed by atoms with van der Waals surface area (Å²) in [6.45, 7) is 3.19. The molecule has 3 heterocycles. The Hall–Kier alpha value is -3.78. The number of para-hydroxylation sites is 1. The Morgan fingerprint density at radius 2 is 1.74 bits per heavy atom. The molecule has 1 aromatic carbocycles. The number of aromatic nitrogens is 7. The second-order valence-corrected chi connectivity index (χ2v) is 9.79. The smallest absolute Gasteiger partial charge is 0.243 e. The van der Waals surface area contributed by atoms with Crippen molar-refractivity contribution >= 4 is 16.0 Å². The molecule has 1 N–H and O–H groups in total. The van der Waals surface area contributed by atoms with E-state index in [0.29, 0.717) is 0 Å². The summed E-state index contributed by atoms with van der Waals surface area (Å²) < 4.78 is 66.2. The van der Waals surface area contributed by atoms with Crippen LogP contribution >= 0.6 is 0 Å². The Kier molecular flexibility index (Phi) is 6.58. The number of anilines is 1. The fourth-order valence-corrected chi connectivity index (χ4v) is 4.54. The van der Waals surface area contributed by atoms with Crippen LogP contribution in [0.2, 0.25) is 0 Å². The van der Waals surface area contributed by atoms with Gasteiger partial charge in [-0.1, -0.05) is 6.07 Å². The molecule has 3 aromatic heterocycles. The van der Waals surface area contributed by atoms with Crippen molar-refractivity contribution in [2.24, 2.45) is 7.05 Å². The Balaban J connectivity index is 1.78. The highest BCUT2D eigenvalue weighted by atomic mass is 32.2. The maximum Gasteiger partial charge on any atom is 0.243 e. The van der Waals surface area contributed by atoms with Crippen molar-refractivity contribution in [2.75, 3.05) is 11.8 Å². The fourth-order valence-electron chi connectivity index (χ4n) is 3.40. The topological polar surface area (TPSA) is 130 Å². The van der Waals surface area contributed by atoms with Gasteiger partial charge in [0, 0.05) is 32.7 Å². The molecule has 0 aliphatic heterocycles. The minimum atomic E-state index is -4.25. The predicted molar refractivity (Wildman–Crippen MR) is 122 cm³/mol. The van der Waals surface area contributed by atoms with Gasteiger partial charge >= 0.3 is 0 Å². The Labute approximate surface area is 199 Å². The maximum absolute atomic E-state index is 14.8. The van der Waals surface area contributed by atoms with Gasteiger partial charge in [0.1, 0.15) is 34.4 Å². The molecule has 0 radical (unpaired) electrons. The number of methoxy groups -OCH3 is 1. The van der Waals surface area contributed by atoms with E-state index in [2.05, 4.69) is 30.0 Å². The summed E-state index contributed by atoms with van der Waals surface area (Å²) in [5.74, 6) is -2.23. The van der Waals surface area contributed by atoms with Crippen LogP contribution in [-0.2, 0) is 21.8 Å². The van der Waals surface area contributed by atoms with Crippen LogP contribution in [0.1, 0.15) is 24.4 Å². The zero-order valence-electron chi connectivity index (χ0n) is 19.2. The van der Waals surface area contributed by atoms with Crippen molar-refractivity contribution in [2.45, 2.75) is 25.2 Å². The van der Waals surface area contributed by atoms with Crippen LogP contribution in [0.25, 0.3) is 17.2 Å². The molecule has 184 valence electrons. The molecule has 0 aliphatic rings. The number of hydrogen-bond acceptors (Lipinski definition) is 8. The molecule has 0 fully saturated rings. The summed E-state index contributed by atoms with van der Waals surface area (Å²) in [7, 11) is -1.27. The minimum absolute atomic E-state index is 0.0647. The molecular weight excluding hydrogens is 482 g/mol. The number of rotatable bonds is 8. The highest BCUT2D eigenvalue weighted by Gasteiger charge is 2.35. The van der Waals surface area contributed by atoms with Crippen LogP contribution in [-0.4, -0.2) is 55.3 Å². The third-order valence-corrected chi connectivity index (χ3v) is 6.92. The van der Waals surface area contributed by atoms with Crippen LogP contribution in [0.15, 0.2) is 42.9 Å². The Morgan fingerprint density at radius 3 is 2.31 bits per heavy atom. The zero-order chi connectivity index (χ0) is 25.3. The minimum Gasteiger partial charge on any atom is -0.372 e. The van der Waals surface area contributed by atoms with Crippen LogP contribution in [0.4, 0.5) is 14.7 Å². The van der Waals surface area contributed by atoms with E-state index in [1.807, 2.05) is 0 Å². The molecule has 4 rings (SSSR count). The Bertz CT molecular complexity index is 1430. The van der Waals surface area contributed by atoms with Crippen LogP contribution in [0.3, 0.4) is 0 Å². The molecular formula is C21H22F2N8O3S. The van der Waals surface area contributed by atoms with Crippen molar-refractivity contribution in [1.29, 1.82) is 0 Å². The van der Waals surface area contributed by atoms with Gasteiger partial charge in [-0.05, 0) is 37.6 Å². The second kappa shape index (κ2) is 9.46. The van der Waals surface area contributed by atoms with E-state index in [-0.39, 0.29) is 17.3 Å². The largest absolute Gasteiger partial charge is 0.372 e. The Morgan fingerprint density at radius 1 is 1.09 bits per heavy atom. The molecule has 35 heavy (non-hydrogen) atoms. The van der Waals surface area contributed by atoms with Gasteiger partial charge in [-0.3, -0.25) is 14.0 Å². The number of nitrogens with zero attached hydrogens (tertiary/aromatic N) is 7. The molecule has 11 nitrogen and oxygen atoms in total. The van der Waals surface area contributed by atoms with Crippen LogP contribution in [0, 0.1) is 18.6 Å². The molecule has 0 saturated carbocycles. The van der Waals surface area contributed by atoms with E-state index in [4.69, 9.17) is 4.74 Å². The number of hydrogen-bond donors (Lipinski definition) is 1. The van der Waals surface area contributed by atoms with E-state index < -0.39 is 44.6 Å². The first kappa shape index (κ1) is 24.3. The second-order valence-electron chi connectivity index (χ2n) is 7.75. The summed E-state index contributed by atoms with van der Waals surface area (Å²) >= 11 is 0. The first-order chi connectivity index (χ1) is 16.6. The van der Waals surface area contributed by atoms with E-state index in [1.54, 1.807) is 26.2 Å². The van der Waals surface area contributed by atoms with Gasteiger partial charge in [0.25, 0.3) is 0 Å². The third-order valence-electron chi connectivity index (χ3n) is 5.23. The molecule has 0 saturated heterocycles. The van der Waals surface area contributed by atoms with Crippen molar-refractivity contribution in [3.8, 4) is 17.2 Å². The fraction of sp³-hybridized carbons (Fsp3) is 0.286. The van der Waals surface area contributed by atoms with Crippen molar-refractivity contribution in [1.82, 2.24) is 34.5 Å². The van der Waals surface area contributed by atoms with E-state index in [9.17, 15) is 17.2 Å². The molecule has 0 bridgehead atoms. The molecule has 0 spiro atoms. The molecule has 0 aliphatic carbocycles. The summed E-state index contributed by atoms with van der Waals surface area (Å²) in [5.41, 5.74) is 0.456. The molecule has 0 amide bonds. The number of ether oxygens (including phenoxy) is 1. The van der Waals surface area contributed by atoms with Gasteiger partial charge in [0.15, 0.2) is 11.6 Å². The summed E-state index contributed by atoms with van der Waals surface area (Å²) in [5, 5.41) is 10.8. The van der Waals surface area contributed by atoms with E-state index >= 15 is 0 Å². The average molecular weight is 505 g/mol. The highest BCUT2D eigenvalue weighted by Crippen LogP contribution is 2.30. The van der Waals surface area contributed by atoms with Crippen molar-refractivity contribution in [3.63, 3.8) is 0 Å². The van der Waals surface area contributed by atoms with E-state index in [1.165, 1.54) is 37.2 Å². The molecule has 2 atom stereocenters. The summed E-state index contributed by atoms with van der Waals surface area (Å²) in [6, 6.07) is 4.82. The lowest BCUT2D eigenvalue weighted by Gasteiger charge is -2.22. The zero-order valence-corrected chi connectivity index (χ0v) is 20.0. The molecule has 14 heteroatoms. The number of benzene rings is 1. The van der Waals surface area contributed by atoms with Crippen LogP contribution < -0.4 is 4.72 Å². The van der Waals surface area contributed by atoms with E-state index in [0.717, 1.165) is 22.3 Å². The van der Waals surface area contributed by atoms with Gasteiger partial charge in [-0.2, -0.15) is 5.10 Å². The molecule has 4 aromatic rings. The predicted octanol–water partition coefficient (Wildman–Crippen LogP) is 2.56. The van der Waals surface area contributed by atoms with Gasteiger partial charge in [-0.15, -0.1) is 10.2 Å². The first-order valence-electron chi connectivity index (χ1n) is 10.3. The number of aryl methyl sites for hydroxylation is 2. The van der Waals surface area contributed by atoms with Crippen molar-refractivity contribution < 1.29 is 21.9 Å². The lowest BCUT2D eigenvalue weighted by molar-refractivity contribution is 0.0949. The monoisotopic (exact) mass is 504 g/mol. The van der Waals surface area contributed by atoms with Crippen molar-refractivity contribution in [3.05, 3.63) is 65.9 Å². The van der Waals surface area contributed by atoms with Gasteiger partial charge in [-0.25, -0.2) is 27.2 Å². The standard InChI is InChI=1S/C21H22F2N8O3S/c1-12-10-24-19(25-11-12)18(34-4)13(2)35(32,33)29-21-27-26-20(16-8-9-30(3)28-16)31(21)17-14(22)6-5-7-15(17)23/h5-11,13,18H,1-4H3,(H,27,29). The van der Waals surface area contributed by atoms with Crippen LogP contribution in [0.5, 0.6) is 0 Å². The average Bonchev–Trinajstić information content (AvgIpc) is 3.41. The third kappa shape index (κ3) is 4.74. The lowest BCUT2D eigenvalue weighted by Crippen LogP contribution is -2.33. The summed E-state index contributed by atoms with van der Waals surface area (Å²) in [4.78, 5) is 8.31. The van der Waals surface area contributed by atoms with Gasteiger partial charge in [0.2, 0.25) is 16.0 Å². The number of sulfonamides is 1. The maximum atomic E-state index is 14.8. The normalized spacial score (nSPS) is 13.5. The lowest BCUT2D eigenvalue weighted by atomic mass is 10.2. The van der Waals surface area contributed by atoms with Gasteiger partial charge < -0.3 is 4.74 Å². The quantitative estimate of drug-likeness (QED) is 0.388. The number of halogens is 2. The SMILES string of the molecule is COC(c1ncc(C)cn1)C(C)S(=O)(=O)Nc1nnc(-c2ccn(C)n2)n1-c1c(F)cccc1F. The summed E-state index contributed by atoms with van der Waals surface area (Å²) in [6.07, 6.45) is 3.64. The molecule has 2 unspecified atom stereocenters. The number of nitrogens with one attached hydrogen (secondary N) is 1. The van der Waals surface area contributed by atoms with Gasteiger partial charge in [0.05, 0.1) is 0 Å². The first-order valence-corrected chi connectivity index (χ1v) is 11.9.